The van der Waals surface area contributed by atoms with Crippen LogP contribution in [0, 0.1) is 11.3 Å². The molecule has 2 aromatic rings. The summed E-state index contributed by atoms with van der Waals surface area (Å²) in [6, 6.07) is 13.1. The Balaban J connectivity index is 1.59. The number of carboxylic acid groups (broad SMARTS) is 1. The number of nitrogens with two attached hydrogens (primary N) is 1. The number of ketones is 1. The number of hydrogen-bond donors (Lipinski definition) is 2. The van der Waals surface area contributed by atoms with Crippen molar-refractivity contribution in [3.63, 3.8) is 0 Å². The molecular formula is C28H35N3O4. The number of morpholine rings is 1. The van der Waals surface area contributed by atoms with Crippen LogP contribution < -0.4 is 5.73 Å². The fraction of sp³-hybridized carbons (Fsp3) is 0.464. The van der Waals surface area contributed by atoms with Crippen molar-refractivity contribution >= 4 is 18.0 Å². The second kappa shape index (κ2) is 9.91. The SMILES string of the molecule is CC(C)(C)C1(N)c2cc(C(=O)c3ccc(C=NN4CCOCC4)cc3)ccc2CCC1CC(=O)O. The van der Waals surface area contributed by atoms with Crippen LogP contribution in [0.5, 0.6) is 0 Å². The van der Waals surface area contributed by atoms with Gasteiger partial charge < -0.3 is 15.6 Å². The van der Waals surface area contributed by atoms with Crippen molar-refractivity contribution in [2.24, 2.45) is 22.2 Å². The molecule has 1 fully saturated rings. The minimum absolute atomic E-state index is 0.0128. The van der Waals surface area contributed by atoms with Crippen molar-refractivity contribution in [1.82, 2.24) is 5.01 Å². The zero-order valence-electron chi connectivity index (χ0n) is 20.8. The van der Waals surface area contributed by atoms with Gasteiger partial charge in [-0.15, -0.1) is 0 Å². The second-order valence-corrected chi connectivity index (χ2v) is 10.6. The normalized spacial score (nSPS) is 22.7. The van der Waals surface area contributed by atoms with E-state index in [2.05, 4.69) is 5.10 Å². The lowest BCUT2D eigenvalue weighted by Gasteiger charge is -2.51. The quantitative estimate of drug-likeness (QED) is 0.484. The van der Waals surface area contributed by atoms with Crippen LogP contribution in [-0.4, -0.2) is 54.4 Å². The molecule has 0 bridgehead atoms. The van der Waals surface area contributed by atoms with Gasteiger partial charge in [0.05, 0.1) is 38.9 Å². The molecular weight excluding hydrogens is 442 g/mol. The van der Waals surface area contributed by atoms with Crippen molar-refractivity contribution < 1.29 is 19.4 Å². The van der Waals surface area contributed by atoms with E-state index in [9.17, 15) is 14.7 Å². The first-order chi connectivity index (χ1) is 16.6. The first kappa shape index (κ1) is 25.1. The average molecular weight is 478 g/mol. The number of fused-ring (bicyclic) bond motifs is 1. The number of rotatable bonds is 6. The Morgan fingerprint density at radius 1 is 1.14 bits per heavy atom. The maximum atomic E-state index is 13.4. The number of nitrogens with zero attached hydrogens (tertiary/aromatic N) is 2. The van der Waals surface area contributed by atoms with Gasteiger partial charge in [-0.3, -0.25) is 14.6 Å². The predicted octanol–water partition coefficient (Wildman–Crippen LogP) is 3.82. The molecule has 0 spiro atoms. The third kappa shape index (κ3) is 5.16. The molecule has 2 unspecified atom stereocenters. The van der Waals surface area contributed by atoms with Crippen molar-refractivity contribution in [2.75, 3.05) is 26.3 Å². The Morgan fingerprint density at radius 2 is 1.80 bits per heavy atom. The van der Waals surface area contributed by atoms with E-state index in [1.54, 1.807) is 6.21 Å². The molecule has 1 aliphatic carbocycles. The summed E-state index contributed by atoms with van der Waals surface area (Å²) < 4.78 is 5.34. The summed E-state index contributed by atoms with van der Waals surface area (Å²) in [6.07, 6.45) is 3.29. The van der Waals surface area contributed by atoms with E-state index in [1.807, 2.05) is 68.2 Å². The van der Waals surface area contributed by atoms with Crippen molar-refractivity contribution in [3.05, 3.63) is 70.3 Å². The van der Waals surface area contributed by atoms with Crippen LogP contribution in [0.3, 0.4) is 0 Å². The first-order valence-corrected chi connectivity index (χ1v) is 12.2. The van der Waals surface area contributed by atoms with Crippen molar-refractivity contribution in [1.29, 1.82) is 0 Å². The molecule has 1 saturated heterocycles. The minimum atomic E-state index is -0.852. The van der Waals surface area contributed by atoms with Gasteiger partial charge in [-0.1, -0.05) is 57.2 Å². The highest BCUT2D eigenvalue weighted by Crippen LogP contribution is 2.50. The Morgan fingerprint density at radius 3 is 2.43 bits per heavy atom. The van der Waals surface area contributed by atoms with E-state index in [0.29, 0.717) is 30.8 Å². The standard InChI is InChI=1S/C28H35N3O4/c1-27(2,3)28(29)23(17-25(32)33)11-10-20-8-9-22(16-24(20)28)26(34)21-6-4-19(5-7-21)18-30-31-12-14-35-15-13-31/h4-9,16,18,23H,10-15,17,29H2,1-3H3,(H,32,33). The number of aliphatic carboxylic acids is 1. The molecule has 3 N–H and O–H groups in total. The molecule has 1 aliphatic heterocycles. The lowest BCUT2D eigenvalue weighted by Crippen LogP contribution is -2.56. The number of aryl methyl sites for hydroxylation is 1. The molecule has 0 amide bonds. The molecule has 35 heavy (non-hydrogen) atoms. The largest absolute Gasteiger partial charge is 0.481 e. The molecule has 0 aromatic heterocycles. The van der Waals surface area contributed by atoms with Gasteiger partial charge in [0.2, 0.25) is 0 Å². The molecule has 7 nitrogen and oxygen atoms in total. The number of carbonyl (C=O) groups is 2. The Bertz CT molecular complexity index is 1110. The molecule has 2 aromatic carbocycles. The third-order valence-corrected chi connectivity index (χ3v) is 7.42. The van der Waals surface area contributed by atoms with Crippen LogP contribution in [0.15, 0.2) is 47.6 Å². The molecule has 2 aliphatic rings. The van der Waals surface area contributed by atoms with Gasteiger partial charge in [0.15, 0.2) is 5.78 Å². The topological polar surface area (TPSA) is 105 Å². The number of ether oxygens (including phenoxy) is 1. The van der Waals surface area contributed by atoms with Gasteiger partial charge in [-0.25, -0.2) is 0 Å². The van der Waals surface area contributed by atoms with E-state index in [1.165, 1.54) is 0 Å². The summed E-state index contributed by atoms with van der Waals surface area (Å²) in [5.74, 6) is -1.13. The summed E-state index contributed by atoms with van der Waals surface area (Å²) in [6.45, 7) is 9.05. The molecule has 186 valence electrons. The molecule has 7 heteroatoms. The van der Waals surface area contributed by atoms with Crippen LogP contribution >= 0.6 is 0 Å². The summed E-state index contributed by atoms with van der Waals surface area (Å²) in [5, 5.41) is 16.0. The Hall–Kier alpha value is -3.03. The van der Waals surface area contributed by atoms with E-state index in [4.69, 9.17) is 10.5 Å². The van der Waals surface area contributed by atoms with E-state index in [0.717, 1.165) is 36.2 Å². The van der Waals surface area contributed by atoms with Crippen LogP contribution in [0.25, 0.3) is 0 Å². The first-order valence-electron chi connectivity index (χ1n) is 12.2. The molecule has 2 atom stereocenters. The monoisotopic (exact) mass is 477 g/mol. The van der Waals surface area contributed by atoms with Gasteiger partial charge in [-0.2, -0.15) is 5.10 Å². The van der Waals surface area contributed by atoms with Gasteiger partial charge in [0.25, 0.3) is 0 Å². The molecule has 1 heterocycles. The van der Waals surface area contributed by atoms with Crippen molar-refractivity contribution in [3.8, 4) is 0 Å². The second-order valence-electron chi connectivity index (χ2n) is 10.6. The highest BCUT2D eigenvalue weighted by molar-refractivity contribution is 6.09. The zero-order valence-corrected chi connectivity index (χ0v) is 20.8. The summed E-state index contributed by atoms with van der Waals surface area (Å²) in [4.78, 5) is 25.0. The average Bonchev–Trinajstić information content (AvgIpc) is 2.84. The van der Waals surface area contributed by atoms with E-state index >= 15 is 0 Å². The van der Waals surface area contributed by atoms with Crippen LogP contribution in [-0.2, 0) is 21.5 Å². The molecule has 4 rings (SSSR count). The summed E-state index contributed by atoms with van der Waals surface area (Å²) >= 11 is 0. The maximum absolute atomic E-state index is 13.4. The Labute approximate surface area is 207 Å². The number of carboxylic acids is 1. The summed E-state index contributed by atoms with van der Waals surface area (Å²) in [7, 11) is 0. The number of hydrogen-bond acceptors (Lipinski definition) is 6. The maximum Gasteiger partial charge on any atom is 0.303 e. The lowest BCUT2D eigenvalue weighted by atomic mass is 9.57. The fourth-order valence-corrected chi connectivity index (χ4v) is 5.29. The molecule has 0 radical (unpaired) electrons. The lowest BCUT2D eigenvalue weighted by molar-refractivity contribution is -0.139. The fourth-order valence-electron chi connectivity index (χ4n) is 5.29. The number of carbonyl (C=O) groups excluding carboxylic acids is 1. The third-order valence-electron chi connectivity index (χ3n) is 7.42. The number of hydrazone groups is 1. The zero-order chi connectivity index (χ0) is 25.2. The van der Waals surface area contributed by atoms with E-state index in [-0.39, 0.29) is 23.5 Å². The number of benzene rings is 2. The van der Waals surface area contributed by atoms with Gasteiger partial charge in [-0.05, 0) is 46.9 Å². The molecule has 0 saturated carbocycles. The minimum Gasteiger partial charge on any atom is -0.481 e. The van der Waals surface area contributed by atoms with Crippen LogP contribution in [0.1, 0.15) is 66.2 Å². The van der Waals surface area contributed by atoms with Crippen molar-refractivity contribution in [2.45, 2.75) is 45.6 Å². The van der Waals surface area contributed by atoms with Crippen LogP contribution in [0.2, 0.25) is 0 Å². The highest BCUT2D eigenvalue weighted by Gasteiger charge is 2.49. The Kier molecular flexibility index (Phi) is 7.10. The predicted molar refractivity (Wildman–Crippen MR) is 136 cm³/mol. The van der Waals surface area contributed by atoms with Gasteiger partial charge >= 0.3 is 5.97 Å². The van der Waals surface area contributed by atoms with Gasteiger partial charge in [0.1, 0.15) is 0 Å². The highest BCUT2D eigenvalue weighted by atomic mass is 16.5. The van der Waals surface area contributed by atoms with Gasteiger partial charge in [0, 0.05) is 16.7 Å². The van der Waals surface area contributed by atoms with E-state index < -0.39 is 11.5 Å². The smallest absolute Gasteiger partial charge is 0.303 e. The van der Waals surface area contributed by atoms with Crippen LogP contribution in [0.4, 0.5) is 0 Å². The summed E-state index contributed by atoms with van der Waals surface area (Å²) in [5.41, 5.74) is 9.88.